The summed E-state index contributed by atoms with van der Waals surface area (Å²) in [5, 5.41) is 20.2. The first-order valence-electron chi connectivity index (χ1n) is 6.39. The van der Waals surface area contributed by atoms with Crippen LogP contribution in [0.5, 0.6) is 0 Å². The summed E-state index contributed by atoms with van der Waals surface area (Å²) >= 11 is 0. The van der Waals surface area contributed by atoms with Gasteiger partial charge in [-0.3, -0.25) is 0 Å². The van der Waals surface area contributed by atoms with E-state index in [-0.39, 0.29) is 19.4 Å². The Bertz CT molecular complexity index is 378. The summed E-state index contributed by atoms with van der Waals surface area (Å²) in [5.41, 5.74) is 1.04. The van der Waals surface area contributed by atoms with Gasteiger partial charge in [0.1, 0.15) is 12.2 Å². The number of ether oxygens (including phenoxy) is 2. The van der Waals surface area contributed by atoms with Gasteiger partial charge < -0.3 is 19.7 Å². The Morgan fingerprint density at radius 3 is 2.63 bits per heavy atom. The van der Waals surface area contributed by atoms with Gasteiger partial charge in [-0.15, -0.1) is 0 Å². The lowest BCUT2D eigenvalue weighted by molar-refractivity contribution is -0.152. The minimum absolute atomic E-state index is 0. The maximum Gasteiger partial charge on any atom is 0.113 e. The lowest BCUT2D eigenvalue weighted by Crippen LogP contribution is -2.51. The molecule has 0 radical (unpaired) electrons. The first-order chi connectivity index (χ1) is 8.75. The van der Waals surface area contributed by atoms with E-state index >= 15 is 0 Å². The van der Waals surface area contributed by atoms with E-state index in [2.05, 4.69) is 0 Å². The van der Waals surface area contributed by atoms with Crippen LogP contribution in [0.2, 0.25) is 0 Å². The van der Waals surface area contributed by atoms with Crippen molar-refractivity contribution in [1.82, 2.24) is 0 Å². The Morgan fingerprint density at radius 1 is 1.16 bits per heavy atom. The number of hydrogen-bond donors (Lipinski definition) is 2. The molecule has 1 aromatic rings. The molecule has 2 fully saturated rings. The van der Waals surface area contributed by atoms with Crippen LogP contribution >= 0.6 is 0 Å². The second-order valence-corrected chi connectivity index (χ2v) is 5.11. The first kappa shape index (κ1) is 14.5. The number of rotatable bonds is 3. The normalized spacial score (nSPS) is 36.8. The minimum Gasteiger partial charge on any atom is -0.390 e. The van der Waals surface area contributed by atoms with E-state index in [9.17, 15) is 10.2 Å². The third-order valence-electron chi connectivity index (χ3n) is 3.88. The molecule has 0 amide bonds. The van der Waals surface area contributed by atoms with Gasteiger partial charge in [-0.05, 0) is 12.0 Å². The molecule has 3 unspecified atom stereocenters. The van der Waals surface area contributed by atoms with Crippen molar-refractivity contribution in [3.8, 4) is 0 Å². The van der Waals surface area contributed by atoms with Crippen LogP contribution in [0.15, 0.2) is 30.3 Å². The molecule has 19 heavy (non-hydrogen) atoms. The van der Waals surface area contributed by atoms with Crippen LogP contribution in [-0.2, 0) is 16.1 Å². The molecule has 106 valence electrons. The van der Waals surface area contributed by atoms with Gasteiger partial charge in [0.15, 0.2) is 0 Å². The Kier molecular flexibility index (Phi) is 4.58. The zero-order valence-electron chi connectivity index (χ0n) is 10.1. The lowest BCUT2D eigenvalue weighted by Gasteiger charge is -2.35. The zero-order valence-corrected chi connectivity index (χ0v) is 10.1. The average Bonchev–Trinajstić information content (AvgIpc) is 2.85. The molecule has 1 saturated carbocycles. The molecule has 5 atom stereocenters. The van der Waals surface area contributed by atoms with Gasteiger partial charge in [-0.25, -0.2) is 0 Å². The molecule has 1 aromatic carbocycles. The Labute approximate surface area is 114 Å². The molecule has 2 bridgehead atoms. The Balaban J connectivity index is 0.00000133. The highest BCUT2D eigenvalue weighted by Gasteiger charge is 2.48. The molecular formula is C15H22O4. The van der Waals surface area contributed by atoms with Crippen LogP contribution in [0.4, 0.5) is 0 Å². The second kappa shape index (κ2) is 6.01. The summed E-state index contributed by atoms with van der Waals surface area (Å²) in [4.78, 5) is 0. The molecular weight excluding hydrogens is 244 g/mol. The highest BCUT2D eigenvalue weighted by atomic mass is 16.5. The van der Waals surface area contributed by atoms with Gasteiger partial charge in [0.25, 0.3) is 0 Å². The summed E-state index contributed by atoms with van der Waals surface area (Å²) in [6.07, 6.45) is -1.37. The highest BCUT2D eigenvalue weighted by Crippen LogP contribution is 2.35. The van der Waals surface area contributed by atoms with Gasteiger partial charge in [0.2, 0.25) is 0 Å². The van der Waals surface area contributed by atoms with E-state index < -0.39 is 18.3 Å². The molecule has 1 saturated heterocycles. The zero-order chi connectivity index (χ0) is 12.5. The molecule has 1 heterocycles. The van der Waals surface area contributed by atoms with Crippen LogP contribution in [0.25, 0.3) is 0 Å². The van der Waals surface area contributed by atoms with E-state index in [4.69, 9.17) is 9.47 Å². The summed E-state index contributed by atoms with van der Waals surface area (Å²) in [6, 6.07) is 9.76. The summed E-state index contributed by atoms with van der Waals surface area (Å²) in [6.45, 7) is 0.924. The minimum atomic E-state index is -0.734. The Hall–Kier alpha value is -0.940. The number of fused-ring (bicyclic) bond motifs is 2. The summed E-state index contributed by atoms with van der Waals surface area (Å²) in [7, 11) is 0. The van der Waals surface area contributed by atoms with E-state index in [0.29, 0.717) is 13.2 Å². The number of aliphatic hydroxyl groups is 2. The predicted molar refractivity (Wildman–Crippen MR) is 71.6 cm³/mol. The summed E-state index contributed by atoms with van der Waals surface area (Å²) in [5.74, 6) is 0.0965. The van der Waals surface area contributed by atoms with E-state index in [1.807, 2.05) is 30.3 Å². The molecule has 4 heteroatoms. The molecule has 3 rings (SSSR count). The third-order valence-corrected chi connectivity index (χ3v) is 3.88. The largest absolute Gasteiger partial charge is 0.390 e. The van der Waals surface area contributed by atoms with Crippen molar-refractivity contribution in [1.29, 1.82) is 0 Å². The van der Waals surface area contributed by atoms with E-state index in [1.54, 1.807) is 0 Å². The SMILES string of the molecule is C.OC1C2COC(C2)[C@@H](O)[C@@H]1OCc1ccccc1. The van der Waals surface area contributed by atoms with Gasteiger partial charge in [0.05, 0.1) is 25.4 Å². The van der Waals surface area contributed by atoms with Crippen LogP contribution in [0, 0.1) is 5.92 Å². The molecule has 1 aliphatic carbocycles. The van der Waals surface area contributed by atoms with E-state index in [1.165, 1.54) is 0 Å². The highest BCUT2D eigenvalue weighted by molar-refractivity contribution is 5.13. The second-order valence-electron chi connectivity index (χ2n) is 5.11. The van der Waals surface area contributed by atoms with Gasteiger partial charge in [0, 0.05) is 5.92 Å². The van der Waals surface area contributed by atoms with Crippen molar-refractivity contribution < 1.29 is 19.7 Å². The molecule has 0 spiro atoms. The van der Waals surface area contributed by atoms with Crippen molar-refractivity contribution >= 4 is 0 Å². The average molecular weight is 266 g/mol. The predicted octanol–water partition coefficient (Wildman–Crippen LogP) is 1.35. The van der Waals surface area contributed by atoms with Crippen LogP contribution in [0.3, 0.4) is 0 Å². The van der Waals surface area contributed by atoms with Crippen molar-refractivity contribution in [2.45, 2.75) is 44.9 Å². The van der Waals surface area contributed by atoms with Crippen molar-refractivity contribution in [2.75, 3.05) is 6.61 Å². The summed E-state index contributed by atoms with van der Waals surface area (Å²) < 4.78 is 11.1. The van der Waals surface area contributed by atoms with Crippen molar-refractivity contribution in [3.05, 3.63) is 35.9 Å². The topological polar surface area (TPSA) is 58.9 Å². The lowest BCUT2D eigenvalue weighted by atomic mass is 9.83. The van der Waals surface area contributed by atoms with Crippen LogP contribution in [0.1, 0.15) is 19.4 Å². The molecule has 1 aliphatic heterocycles. The first-order valence-corrected chi connectivity index (χ1v) is 6.39. The third kappa shape index (κ3) is 2.82. The number of hydrogen-bond acceptors (Lipinski definition) is 4. The standard InChI is InChI=1S/C14H18O4.CH4/c15-12-10-6-11(17-8-10)13(16)14(12)18-7-9-4-2-1-3-5-9;/h1-5,10-16H,6-8H2;1H4/t10?,11?,12?,13-,14-;/m1./s1. The van der Waals surface area contributed by atoms with Gasteiger partial charge in [-0.1, -0.05) is 37.8 Å². The smallest absolute Gasteiger partial charge is 0.113 e. The fraction of sp³-hybridized carbons (Fsp3) is 0.600. The number of aliphatic hydroxyl groups excluding tert-OH is 2. The van der Waals surface area contributed by atoms with E-state index in [0.717, 1.165) is 12.0 Å². The van der Waals surface area contributed by atoms with Crippen LogP contribution in [-0.4, -0.2) is 41.2 Å². The van der Waals surface area contributed by atoms with Gasteiger partial charge in [-0.2, -0.15) is 0 Å². The molecule has 2 N–H and O–H groups in total. The maximum atomic E-state index is 10.1. The molecule has 4 nitrogen and oxygen atoms in total. The van der Waals surface area contributed by atoms with Gasteiger partial charge >= 0.3 is 0 Å². The van der Waals surface area contributed by atoms with Crippen LogP contribution < -0.4 is 0 Å². The molecule has 2 aliphatic rings. The molecule has 0 aromatic heterocycles. The monoisotopic (exact) mass is 266 g/mol. The number of benzene rings is 1. The fourth-order valence-electron chi connectivity index (χ4n) is 2.80. The Morgan fingerprint density at radius 2 is 1.89 bits per heavy atom. The quantitative estimate of drug-likeness (QED) is 0.867. The van der Waals surface area contributed by atoms with Crippen molar-refractivity contribution in [3.63, 3.8) is 0 Å². The fourth-order valence-corrected chi connectivity index (χ4v) is 2.80. The van der Waals surface area contributed by atoms with Crippen molar-refractivity contribution in [2.24, 2.45) is 5.92 Å². The maximum absolute atomic E-state index is 10.1.